The molecule has 1 saturated carbocycles. The molecule has 6 heteroatoms. The summed E-state index contributed by atoms with van der Waals surface area (Å²) in [6.45, 7) is 4.77. The summed E-state index contributed by atoms with van der Waals surface area (Å²) in [5, 5.41) is 3.65. The van der Waals surface area contributed by atoms with Gasteiger partial charge >= 0.3 is 0 Å². The Balaban J connectivity index is 0.00000338. The molecule has 2 rings (SSSR count). The molecule has 1 N–H and O–H groups in total. The lowest BCUT2D eigenvalue weighted by molar-refractivity contribution is 0.00987. The zero-order chi connectivity index (χ0) is 17.7. The van der Waals surface area contributed by atoms with Crippen LogP contribution in [0.3, 0.4) is 0 Å². The summed E-state index contributed by atoms with van der Waals surface area (Å²) in [6, 6.07) is 0. The number of nitrogens with one attached hydrogen (secondary N) is 1. The fourth-order valence-electron chi connectivity index (χ4n) is 4.00. The van der Waals surface area contributed by atoms with Gasteiger partial charge in [0.15, 0.2) is 5.96 Å². The van der Waals surface area contributed by atoms with Gasteiger partial charge in [-0.15, -0.1) is 24.0 Å². The zero-order valence-electron chi connectivity index (χ0n) is 16.9. The Bertz CT molecular complexity index is 366. The molecule has 0 atom stereocenters. The van der Waals surface area contributed by atoms with Crippen molar-refractivity contribution in [3.05, 3.63) is 0 Å². The molecule has 0 amide bonds. The fourth-order valence-corrected chi connectivity index (χ4v) is 4.00. The number of hydrogen-bond acceptors (Lipinski definition) is 3. The summed E-state index contributed by atoms with van der Waals surface area (Å²) in [4.78, 5) is 6.92. The molecule has 1 saturated heterocycles. The van der Waals surface area contributed by atoms with Crippen molar-refractivity contribution >= 4 is 29.9 Å². The minimum Gasteiger partial charge on any atom is -0.385 e. The molecular weight excluding hydrogens is 441 g/mol. The summed E-state index contributed by atoms with van der Waals surface area (Å²) in [5.41, 5.74) is 0. The van der Waals surface area contributed by atoms with Crippen molar-refractivity contribution < 1.29 is 9.47 Å². The number of ether oxygens (including phenoxy) is 2. The Morgan fingerprint density at radius 1 is 1.00 bits per heavy atom. The van der Waals surface area contributed by atoms with Crippen molar-refractivity contribution in [3.63, 3.8) is 0 Å². The highest BCUT2D eigenvalue weighted by atomic mass is 127. The van der Waals surface area contributed by atoms with E-state index in [9.17, 15) is 0 Å². The Morgan fingerprint density at radius 3 is 2.27 bits per heavy atom. The molecule has 1 aliphatic carbocycles. The van der Waals surface area contributed by atoms with E-state index in [1.807, 2.05) is 7.05 Å². The van der Waals surface area contributed by atoms with E-state index >= 15 is 0 Å². The quantitative estimate of drug-likeness (QED) is 0.258. The standard InChI is InChI=1S/C20H39N3O2.HI/c1-21-20(22-17-18-9-6-4-3-5-7-10-18)23-13-11-19(12-14-23)25-16-8-15-24-2;/h18-19H,3-17H2,1-2H3,(H,21,22);1H. The summed E-state index contributed by atoms with van der Waals surface area (Å²) in [5.74, 6) is 1.90. The number of piperidine rings is 1. The molecule has 0 aromatic carbocycles. The van der Waals surface area contributed by atoms with E-state index < -0.39 is 0 Å². The monoisotopic (exact) mass is 481 g/mol. The number of aliphatic imine (C=N–C) groups is 1. The van der Waals surface area contributed by atoms with Crippen molar-refractivity contribution in [2.24, 2.45) is 10.9 Å². The predicted octanol–water partition coefficient (Wildman–Crippen LogP) is 4.06. The van der Waals surface area contributed by atoms with Crippen molar-refractivity contribution in [2.75, 3.05) is 47.0 Å². The van der Waals surface area contributed by atoms with Gasteiger partial charge in [0.05, 0.1) is 6.10 Å². The average molecular weight is 481 g/mol. The predicted molar refractivity (Wildman–Crippen MR) is 120 cm³/mol. The van der Waals surface area contributed by atoms with Crippen LogP contribution in [0.2, 0.25) is 0 Å². The lowest BCUT2D eigenvalue weighted by Gasteiger charge is -2.34. The first-order chi connectivity index (χ1) is 12.3. The van der Waals surface area contributed by atoms with Crippen LogP contribution in [0.5, 0.6) is 0 Å². The van der Waals surface area contributed by atoms with Crippen LogP contribution < -0.4 is 5.32 Å². The third-order valence-electron chi connectivity index (χ3n) is 5.57. The van der Waals surface area contributed by atoms with Gasteiger partial charge in [-0.05, 0) is 38.0 Å². The minimum absolute atomic E-state index is 0. The summed E-state index contributed by atoms with van der Waals surface area (Å²) in [6.07, 6.45) is 13.4. The Hall–Kier alpha value is -0.0800. The van der Waals surface area contributed by atoms with Gasteiger partial charge < -0.3 is 19.7 Å². The number of methoxy groups -OCH3 is 1. The Morgan fingerprint density at radius 2 is 1.65 bits per heavy atom. The molecule has 0 aromatic heterocycles. The molecule has 2 aliphatic rings. The lowest BCUT2D eigenvalue weighted by Crippen LogP contribution is -2.48. The van der Waals surface area contributed by atoms with Crippen molar-refractivity contribution in [1.82, 2.24) is 10.2 Å². The molecule has 0 spiro atoms. The van der Waals surface area contributed by atoms with E-state index in [1.54, 1.807) is 7.11 Å². The zero-order valence-corrected chi connectivity index (χ0v) is 19.2. The van der Waals surface area contributed by atoms with E-state index in [1.165, 1.54) is 44.9 Å². The maximum Gasteiger partial charge on any atom is 0.193 e. The summed E-state index contributed by atoms with van der Waals surface area (Å²) >= 11 is 0. The highest BCUT2D eigenvalue weighted by molar-refractivity contribution is 14.0. The number of likely N-dealkylation sites (tertiary alicyclic amines) is 1. The average Bonchev–Trinajstić information content (AvgIpc) is 2.61. The number of guanidine groups is 1. The molecule has 0 radical (unpaired) electrons. The van der Waals surface area contributed by atoms with Gasteiger partial charge in [-0.3, -0.25) is 4.99 Å². The smallest absolute Gasteiger partial charge is 0.193 e. The maximum atomic E-state index is 5.96. The molecule has 1 aliphatic heterocycles. The van der Waals surface area contributed by atoms with Gasteiger partial charge in [-0.25, -0.2) is 0 Å². The maximum absolute atomic E-state index is 5.96. The van der Waals surface area contributed by atoms with Crippen LogP contribution in [0.1, 0.15) is 64.2 Å². The summed E-state index contributed by atoms with van der Waals surface area (Å²) in [7, 11) is 3.65. The molecule has 154 valence electrons. The first-order valence-electron chi connectivity index (χ1n) is 10.4. The van der Waals surface area contributed by atoms with Crippen LogP contribution in [0.15, 0.2) is 4.99 Å². The highest BCUT2D eigenvalue weighted by Gasteiger charge is 2.22. The molecule has 0 aromatic rings. The first-order valence-corrected chi connectivity index (χ1v) is 10.4. The third kappa shape index (κ3) is 9.22. The molecule has 0 unspecified atom stereocenters. The van der Waals surface area contributed by atoms with Crippen LogP contribution in [-0.2, 0) is 9.47 Å². The fraction of sp³-hybridized carbons (Fsp3) is 0.950. The number of halogens is 1. The van der Waals surface area contributed by atoms with Gasteiger partial charge in [0.2, 0.25) is 0 Å². The van der Waals surface area contributed by atoms with Gasteiger partial charge in [0.25, 0.3) is 0 Å². The largest absolute Gasteiger partial charge is 0.385 e. The lowest BCUT2D eigenvalue weighted by atomic mass is 9.91. The van der Waals surface area contributed by atoms with Crippen molar-refractivity contribution in [3.8, 4) is 0 Å². The molecular formula is C20H40IN3O2. The van der Waals surface area contributed by atoms with Gasteiger partial charge in [0.1, 0.15) is 0 Å². The van der Waals surface area contributed by atoms with Crippen LogP contribution in [0.25, 0.3) is 0 Å². The van der Waals surface area contributed by atoms with Crippen LogP contribution in [0.4, 0.5) is 0 Å². The topological polar surface area (TPSA) is 46.1 Å². The molecule has 0 bridgehead atoms. The van der Waals surface area contributed by atoms with Crippen molar-refractivity contribution in [1.29, 1.82) is 0 Å². The Labute approximate surface area is 177 Å². The molecule has 2 fully saturated rings. The molecule has 26 heavy (non-hydrogen) atoms. The normalized spacial score (nSPS) is 21.0. The number of nitrogens with zero attached hydrogens (tertiary/aromatic N) is 2. The van der Waals surface area contributed by atoms with Crippen molar-refractivity contribution in [2.45, 2.75) is 70.3 Å². The second kappa shape index (κ2) is 14.9. The third-order valence-corrected chi connectivity index (χ3v) is 5.57. The van der Waals surface area contributed by atoms with E-state index in [2.05, 4.69) is 15.2 Å². The van der Waals surface area contributed by atoms with E-state index in [-0.39, 0.29) is 24.0 Å². The van der Waals surface area contributed by atoms with E-state index in [0.717, 1.165) is 64.0 Å². The second-order valence-electron chi connectivity index (χ2n) is 7.54. The Kier molecular flexibility index (Phi) is 13.7. The van der Waals surface area contributed by atoms with Gasteiger partial charge in [-0.1, -0.05) is 32.1 Å². The van der Waals surface area contributed by atoms with Crippen LogP contribution in [-0.4, -0.2) is 64.0 Å². The second-order valence-corrected chi connectivity index (χ2v) is 7.54. The van der Waals surface area contributed by atoms with Gasteiger partial charge in [0, 0.05) is 47.0 Å². The number of hydrogen-bond donors (Lipinski definition) is 1. The number of rotatable bonds is 7. The molecule has 5 nitrogen and oxygen atoms in total. The van der Waals surface area contributed by atoms with Crippen LogP contribution in [0, 0.1) is 5.92 Å². The summed E-state index contributed by atoms with van der Waals surface area (Å²) < 4.78 is 11.0. The molecule has 1 heterocycles. The highest BCUT2D eigenvalue weighted by Crippen LogP contribution is 2.22. The van der Waals surface area contributed by atoms with E-state index in [4.69, 9.17) is 9.47 Å². The first kappa shape index (κ1) is 24.0. The van der Waals surface area contributed by atoms with Crippen LogP contribution >= 0.6 is 24.0 Å². The van der Waals surface area contributed by atoms with E-state index in [0.29, 0.717) is 6.10 Å². The SMILES string of the molecule is CN=C(NCC1CCCCCCC1)N1CCC(OCCCOC)CC1.I. The minimum atomic E-state index is 0. The van der Waals surface area contributed by atoms with Gasteiger partial charge in [-0.2, -0.15) is 0 Å².